The zero-order chi connectivity index (χ0) is 30.7. The van der Waals surface area contributed by atoms with Crippen LogP contribution in [0.25, 0.3) is 0 Å². The van der Waals surface area contributed by atoms with Gasteiger partial charge in [0.25, 0.3) is 0 Å². The van der Waals surface area contributed by atoms with Crippen molar-refractivity contribution in [2.24, 2.45) is 39.9 Å². The van der Waals surface area contributed by atoms with Crippen molar-refractivity contribution in [2.75, 3.05) is 6.61 Å². The van der Waals surface area contributed by atoms with E-state index in [1.165, 1.54) is 5.57 Å². The molecule has 226 valence electrons. The second-order valence-corrected chi connectivity index (χ2v) is 14.4. The van der Waals surface area contributed by atoms with E-state index < -0.39 is 5.41 Å². The lowest BCUT2D eigenvalue weighted by molar-refractivity contribution is -0.158. The fraction of sp³-hybridized carbons (Fsp3) is 0.595. The summed E-state index contributed by atoms with van der Waals surface area (Å²) in [6.07, 6.45) is 12.2. The van der Waals surface area contributed by atoms with Crippen molar-refractivity contribution in [3.63, 3.8) is 0 Å². The van der Waals surface area contributed by atoms with Crippen LogP contribution < -0.4 is 0 Å². The molecule has 1 heterocycles. The van der Waals surface area contributed by atoms with E-state index >= 15 is 0 Å². The molecule has 1 aliphatic heterocycles. The van der Waals surface area contributed by atoms with Crippen LogP contribution in [-0.2, 0) is 19.1 Å². The molecule has 3 fully saturated rings. The number of benzene rings is 1. The first-order valence-corrected chi connectivity index (χ1v) is 15.9. The Hall–Kier alpha value is -2.79. The Morgan fingerprint density at radius 2 is 1.74 bits per heavy atom. The Kier molecular flexibility index (Phi) is 7.83. The molecule has 0 aromatic heterocycles. The lowest BCUT2D eigenvalue weighted by atomic mass is 9.48. The third kappa shape index (κ3) is 4.67. The SMILES string of the molecule is CC.C[C@@H]1CC2C3CC=C4C=C(CC(=O)c5ccccc5)C=CC4(C)C34OC4CC2(C)C1C(=O)COC(=O)C(C)(C)C. The molecule has 2 saturated carbocycles. The first kappa shape index (κ1) is 30.7. The lowest BCUT2D eigenvalue weighted by Crippen LogP contribution is -2.56. The maximum atomic E-state index is 13.6. The van der Waals surface area contributed by atoms with Gasteiger partial charge in [0.05, 0.1) is 11.5 Å². The predicted octanol–water partition coefficient (Wildman–Crippen LogP) is 7.71. The Labute approximate surface area is 251 Å². The van der Waals surface area contributed by atoms with Crippen LogP contribution in [0.5, 0.6) is 0 Å². The first-order valence-electron chi connectivity index (χ1n) is 15.9. The van der Waals surface area contributed by atoms with Crippen molar-refractivity contribution in [3.05, 3.63) is 71.3 Å². The van der Waals surface area contributed by atoms with E-state index in [-0.39, 0.29) is 58.5 Å². The number of hydrogen-bond donors (Lipinski definition) is 0. The topological polar surface area (TPSA) is 73.0 Å². The van der Waals surface area contributed by atoms with Gasteiger partial charge in [0.15, 0.2) is 11.6 Å². The normalized spacial score (nSPS) is 37.4. The molecule has 0 amide bonds. The molecular formula is C37H48O5. The van der Waals surface area contributed by atoms with Gasteiger partial charge in [0.1, 0.15) is 12.2 Å². The predicted molar refractivity (Wildman–Crippen MR) is 165 cm³/mol. The molecule has 0 N–H and O–H groups in total. The van der Waals surface area contributed by atoms with Gasteiger partial charge in [-0.1, -0.05) is 82.3 Å². The zero-order valence-electron chi connectivity index (χ0n) is 26.7. The average molecular weight is 573 g/mol. The number of Topliss-reactive ketones (excluding diaryl/α,β-unsaturated/α-hetero) is 2. The summed E-state index contributed by atoms with van der Waals surface area (Å²) in [7, 11) is 0. The molecule has 0 radical (unpaired) electrons. The number of carbonyl (C=O) groups excluding carboxylic acids is 3. The van der Waals surface area contributed by atoms with Gasteiger partial charge in [-0.05, 0) is 81.3 Å². The minimum absolute atomic E-state index is 0.0507. The van der Waals surface area contributed by atoms with E-state index in [2.05, 4.69) is 45.1 Å². The van der Waals surface area contributed by atoms with Crippen LogP contribution in [0.1, 0.15) is 91.4 Å². The van der Waals surface area contributed by atoms with Crippen LogP contribution in [0, 0.1) is 39.9 Å². The minimum atomic E-state index is -0.626. The van der Waals surface area contributed by atoms with Crippen LogP contribution in [0.15, 0.2) is 65.8 Å². The number of epoxide rings is 1. The summed E-state index contributed by atoms with van der Waals surface area (Å²) in [4.78, 5) is 38.8. The molecule has 1 spiro atoms. The quantitative estimate of drug-likeness (QED) is 0.198. The zero-order valence-corrected chi connectivity index (χ0v) is 26.7. The second-order valence-electron chi connectivity index (χ2n) is 14.4. The summed E-state index contributed by atoms with van der Waals surface area (Å²) in [5.74, 6) is 0.639. The molecular weight excluding hydrogens is 524 g/mol. The van der Waals surface area contributed by atoms with E-state index in [4.69, 9.17) is 9.47 Å². The third-order valence-corrected chi connectivity index (χ3v) is 10.9. The molecule has 5 heteroatoms. The van der Waals surface area contributed by atoms with Gasteiger partial charge in [-0.2, -0.15) is 0 Å². The summed E-state index contributed by atoms with van der Waals surface area (Å²) in [5.41, 5.74) is 1.71. The summed E-state index contributed by atoms with van der Waals surface area (Å²) in [6.45, 7) is 16.1. The smallest absolute Gasteiger partial charge is 0.311 e. The van der Waals surface area contributed by atoms with E-state index in [0.717, 1.165) is 30.4 Å². The van der Waals surface area contributed by atoms with Gasteiger partial charge in [-0.25, -0.2) is 0 Å². The second kappa shape index (κ2) is 10.7. The number of rotatable bonds is 6. The van der Waals surface area contributed by atoms with Crippen molar-refractivity contribution in [1.82, 2.24) is 0 Å². The maximum Gasteiger partial charge on any atom is 0.311 e. The monoisotopic (exact) mass is 572 g/mol. The molecule has 4 aliphatic carbocycles. The molecule has 6 rings (SSSR count). The van der Waals surface area contributed by atoms with Gasteiger partial charge in [-0.3, -0.25) is 14.4 Å². The Morgan fingerprint density at radius 1 is 1.05 bits per heavy atom. The molecule has 8 atom stereocenters. The molecule has 5 nitrogen and oxygen atoms in total. The molecule has 1 aromatic rings. The highest BCUT2D eigenvalue weighted by atomic mass is 16.6. The standard InChI is InChI=1S/C35H42O5.C2H6/c1-21-16-26-25-13-12-24-17-22(18-27(36)23-10-8-7-9-11-23)14-15-34(24,6)35(25)29(40-35)19-33(26,5)30(21)28(37)20-39-31(38)32(2,3)4;1-2/h7-12,14-15,17,21,25-26,29-30H,13,16,18-20H2,1-6H3;1-2H3/t21-,25?,26?,29?,30?,33?,34?,35?;/m1./s1. The van der Waals surface area contributed by atoms with Crippen molar-refractivity contribution in [2.45, 2.75) is 92.8 Å². The number of ether oxygens (including phenoxy) is 2. The van der Waals surface area contributed by atoms with Gasteiger partial charge in [-0.15, -0.1) is 0 Å². The number of carbonyl (C=O) groups is 3. The number of hydrogen-bond acceptors (Lipinski definition) is 5. The number of fused-ring (bicyclic) bond motifs is 3. The van der Waals surface area contributed by atoms with Gasteiger partial charge < -0.3 is 9.47 Å². The van der Waals surface area contributed by atoms with Crippen molar-refractivity contribution in [1.29, 1.82) is 0 Å². The minimum Gasteiger partial charge on any atom is -0.457 e. The average Bonchev–Trinajstić information content (AvgIpc) is 3.61. The fourth-order valence-electron chi connectivity index (χ4n) is 8.99. The van der Waals surface area contributed by atoms with E-state index in [9.17, 15) is 14.4 Å². The molecule has 1 aromatic carbocycles. The number of ketones is 2. The Morgan fingerprint density at radius 3 is 2.40 bits per heavy atom. The van der Waals surface area contributed by atoms with Crippen LogP contribution in [0.2, 0.25) is 0 Å². The maximum absolute atomic E-state index is 13.6. The highest BCUT2D eigenvalue weighted by Crippen LogP contribution is 2.75. The van der Waals surface area contributed by atoms with Crippen molar-refractivity contribution >= 4 is 17.5 Å². The number of allylic oxidation sites excluding steroid dienone is 4. The highest BCUT2D eigenvalue weighted by molar-refractivity contribution is 5.98. The Balaban J connectivity index is 0.00000173. The van der Waals surface area contributed by atoms with Crippen LogP contribution >= 0.6 is 0 Å². The third-order valence-electron chi connectivity index (χ3n) is 10.9. The van der Waals surface area contributed by atoms with Gasteiger partial charge in [0.2, 0.25) is 0 Å². The number of esters is 1. The molecule has 5 aliphatic rings. The molecule has 7 unspecified atom stereocenters. The first-order chi connectivity index (χ1) is 19.8. The van der Waals surface area contributed by atoms with Gasteiger partial charge >= 0.3 is 5.97 Å². The molecule has 42 heavy (non-hydrogen) atoms. The van der Waals surface area contributed by atoms with Gasteiger partial charge in [0, 0.05) is 23.3 Å². The molecule has 1 saturated heterocycles. The van der Waals surface area contributed by atoms with Crippen LogP contribution in [0.4, 0.5) is 0 Å². The lowest BCUT2D eigenvalue weighted by Gasteiger charge is -2.53. The Bertz CT molecular complexity index is 1350. The van der Waals surface area contributed by atoms with E-state index in [0.29, 0.717) is 18.3 Å². The summed E-state index contributed by atoms with van der Waals surface area (Å²) >= 11 is 0. The van der Waals surface area contributed by atoms with E-state index in [1.807, 2.05) is 65.0 Å². The summed E-state index contributed by atoms with van der Waals surface area (Å²) in [5, 5.41) is 0. The van der Waals surface area contributed by atoms with Crippen molar-refractivity contribution in [3.8, 4) is 0 Å². The van der Waals surface area contributed by atoms with Crippen molar-refractivity contribution < 1.29 is 23.9 Å². The summed E-state index contributed by atoms with van der Waals surface area (Å²) in [6, 6.07) is 9.48. The van der Waals surface area contributed by atoms with Crippen LogP contribution in [-0.4, -0.2) is 35.8 Å². The van der Waals surface area contributed by atoms with Crippen LogP contribution in [0.3, 0.4) is 0 Å². The molecule has 0 bridgehead atoms. The van der Waals surface area contributed by atoms with E-state index in [1.54, 1.807) is 0 Å². The highest BCUT2D eigenvalue weighted by Gasteiger charge is 2.79. The summed E-state index contributed by atoms with van der Waals surface area (Å²) < 4.78 is 12.2. The fourth-order valence-corrected chi connectivity index (χ4v) is 8.99. The largest absolute Gasteiger partial charge is 0.457 e.